The molecule has 1 saturated heterocycles. The number of amides is 2. The van der Waals surface area contributed by atoms with Gasteiger partial charge in [0, 0.05) is 10.6 Å². The van der Waals surface area contributed by atoms with Crippen LogP contribution in [0.2, 0.25) is 0 Å². The van der Waals surface area contributed by atoms with Gasteiger partial charge in [0.2, 0.25) is 5.91 Å². The number of alkyl halides is 3. The first kappa shape index (κ1) is 18.6. The molecule has 1 fully saturated rings. The predicted molar refractivity (Wildman–Crippen MR) is 91.9 cm³/mol. The molecule has 3 rings (SSSR count). The minimum absolute atomic E-state index is 0.254. The van der Waals surface area contributed by atoms with Gasteiger partial charge in [0.15, 0.2) is 0 Å². The first-order valence-electron chi connectivity index (χ1n) is 8.20. The first-order valence-corrected chi connectivity index (χ1v) is 10.2. The molecule has 1 aliphatic heterocycles. The fourth-order valence-electron chi connectivity index (χ4n) is 3.08. The Hall–Kier alpha value is -1.22. The Balaban J connectivity index is 1.69. The van der Waals surface area contributed by atoms with Crippen LogP contribution in [-0.4, -0.2) is 47.1 Å². The molecular formula is C16H19F3N2O2S2. The van der Waals surface area contributed by atoms with E-state index in [1.54, 1.807) is 0 Å². The molecule has 1 atom stereocenters. The summed E-state index contributed by atoms with van der Waals surface area (Å²) < 4.78 is 36.9. The predicted octanol–water partition coefficient (Wildman–Crippen LogP) is 3.21. The lowest BCUT2D eigenvalue weighted by atomic mass is 10.1. The summed E-state index contributed by atoms with van der Waals surface area (Å²) in [5.41, 5.74) is 1.20. The van der Waals surface area contributed by atoms with Gasteiger partial charge in [-0.2, -0.15) is 13.2 Å². The lowest BCUT2D eigenvalue weighted by Crippen LogP contribution is -2.49. The zero-order chi connectivity index (χ0) is 18.0. The van der Waals surface area contributed by atoms with Crippen LogP contribution in [-0.2, 0) is 17.6 Å². The third-order valence-electron chi connectivity index (χ3n) is 4.37. The van der Waals surface area contributed by atoms with E-state index in [9.17, 15) is 22.8 Å². The number of carbonyl (C=O) groups is 2. The maximum atomic E-state index is 12.8. The zero-order valence-corrected chi connectivity index (χ0v) is 15.2. The second-order valence-corrected chi connectivity index (χ2v) is 8.38. The van der Waals surface area contributed by atoms with Crippen molar-refractivity contribution in [2.75, 3.05) is 18.2 Å². The van der Waals surface area contributed by atoms with Gasteiger partial charge in [-0.25, -0.2) is 0 Å². The Kier molecular flexibility index (Phi) is 5.62. The molecule has 1 aromatic rings. The molecule has 2 heterocycles. The van der Waals surface area contributed by atoms with Crippen molar-refractivity contribution in [1.82, 2.24) is 10.2 Å². The van der Waals surface area contributed by atoms with Crippen molar-refractivity contribution in [2.45, 2.75) is 44.3 Å². The van der Waals surface area contributed by atoms with Crippen LogP contribution >= 0.6 is 23.1 Å². The molecule has 0 aromatic carbocycles. The fourth-order valence-corrected chi connectivity index (χ4v) is 5.44. The van der Waals surface area contributed by atoms with E-state index in [1.165, 1.54) is 44.9 Å². The Morgan fingerprint density at radius 2 is 2.00 bits per heavy atom. The Morgan fingerprint density at radius 3 is 2.76 bits per heavy atom. The van der Waals surface area contributed by atoms with Crippen molar-refractivity contribution in [3.63, 3.8) is 0 Å². The van der Waals surface area contributed by atoms with Crippen LogP contribution in [0.4, 0.5) is 13.2 Å². The number of hydrogen-bond donors (Lipinski definition) is 1. The second kappa shape index (κ2) is 7.57. The molecule has 1 N–H and O–H groups in total. The highest BCUT2D eigenvalue weighted by molar-refractivity contribution is 7.99. The summed E-state index contributed by atoms with van der Waals surface area (Å²) in [7, 11) is 0. The van der Waals surface area contributed by atoms with Gasteiger partial charge in [-0.05, 0) is 37.3 Å². The van der Waals surface area contributed by atoms with Crippen molar-refractivity contribution in [3.05, 3.63) is 21.4 Å². The summed E-state index contributed by atoms with van der Waals surface area (Å²) in [6.45, 7) is -1.37. The van der Waals surface area contributed by atoms with E-state index in [0.717, 1.165) is 25.7 Å². The molecular weight excluding hydrogens is 373 g/mol. The number of nitrogens with one attached hydrogen (secondary N) is 1. The van der Waals surface area contributed by atoms with Crippen LogP contribution in [0.25, 0.3) is 0 Å². The van der Waals surface area contributed by atoms with E-state index in [4.69, 9.17) is 0 Å². The van der Waals surface area contributed by atoms with E-state index in [-0.39, 0.29) is 5.91 Å². The fraction of sp³-hybridized carbons (Fsp3) is 0.625. The molecule has 2 aliphatic rings. The highest BCUT2D eigenvalue weighted by atomic mass is 32.2. The molecule has 0 bridgehead atoms. The molecule has 0 saturated carbocycles. The zero-order valence-electron chi connectivity index (χ0n) is 13.5. The van der Waals surface area contributed by atoms with Crippen molar-refractivity contribution >= 4 is 34.9 Å². The summed E-state index contributed by atoms with van der Waals surface area (Å²) in [6, 6.07) is 1.06. The highest BCUT2D eigenvalue weighted by Crippen LogP contribution is 2.32. The van der Waals surface area contributed by atoms with Crippen molar-refractivity contribution in [2.24, 2.45) is 0 Å². The van der Waals surface area contributed by atoms with Crippen LogP contribution < -0.4 is 5.32 Å². The molecule has 9 heteroatoms. The number of nitrogens with zero attached hydrogens (tertiary/aromatic N) is 1. The molecule has 1 aliphatic carbocycles. The van der Waals surface area contributed by atoms with Crippen molar-refractivity contribution < 1.29 is 22.8 Å². The van der Waals surface area contributed by atoms with Gasteiger partial charge >= 0.3 is 6.18 Å². The van der Waals surface area contributed by atoms with Crippen LogP contribution in [0, 0.1) is 0 Å². The molecule has 4 nitrogen and oxygen atoms in total. The van der Waals surface area contributed by atoms with E-state index in [0.29, 0.717) is 16.5 Å². The van der Waals surface area contributed by atoms with Crippen LogP contribution in [0.1, 0.15) is 39.4 Å². The maximum absolute atomic E-state index is 12.8. The molecule has 0 unspecified atom stereocenters. The minimum Gasteiger partial charge on any atom is -0.345 e. The number of carbonyl (C=O) groups excluding carboxylic acids is 2. The summed E-state index contributed by atoms with van der Waals surface area (Å²) in [5.74, 6) is -0.351. The molecule has 1 aromatic heterocycles. The largest absolute Gasteiger partial charge is 0.405 e. The summed E-state index contributed by atoms with van der Waals surface area (Å²) in [6.07, 6.45) is 0.889. The Morgan fingerprint density at radius 1 is 1.24 bits per heavy atom. The van der Waals surface area contributed by atoms with Crippen LogP contribution in [0.5, 0.6) is 0 Å². The molecule has 138 valence electrons. The number of rotatable bonds is 3. The third kappa shape index (κ3) is 4.49. The topological polar surface area (TPSA) is 49.4 Å². The molecule has 0 radical (unpaired) electrons. The quantitative estimate of drug-likeness (QED) is 0.804. The number of thioether (sulfide) groups is 1. The van der Waals surface area contributed by atoms with Gasteiger partial charge in [0.05, 0.1) is 10.8 Å². The summed E-state index contributed by atoms with van der Waals surface area (Å²) in [4.78, 5) is 28.1. The van der Waals surface area contributed by atoms with E-state index < -0.39 is 24.7 Å². The number of halogens is 3. The monoisotopic (exact) mass is 392 g/mol. The summed E-state index contributed by atoms with van der Waals surface area (Å²) >= 11 is 2.84. The third-order valence-corrected chi connectivity index (χ3v) is 6.60. The number of thiophene rings is 1. The SMILES string of the molecule is O=C(NCC(F)(F)F)[C@@H]1CSCN1C(=O)c1cc2c(s1)CCCCC2. The smallest absolute Gasteiger partial charge is 0.345 e. The lowest BCUT2D eigenvalue weighted by Gasteiger charge is -2.22. The van der Waals surface area contributed by atoms with Crippen LogP contribution in [0.15, 0.2) is 6.07 Å². The normalized spacial score (nSPS) is 20.9. The van der Waals surface area contributed by atoms with E-state index >= 15 is 0 Å². The van der Waals surface area contributed by atoms with Gasteiger partial charge < -0.3 is 10.2 Å². The number of aryl methyl sites for hydroxylation is 2. The van der Waals surface area contributed by atoms with Crippen molar-refractivity contribution in [3.8, 4) is 0 Å². The highest BCUT2D eigenvalue weighted by Gasteiger charge is 2.37. The summed E-state index contributed by atoms with van der Waals surface area (Å²) in [5, 5.41) is 1.89. The number of hydrogen-bond acceptors (Lipinski definition) is 4. The minimum atomic E-state index is -4.46. The molecule has 0 spiro atoms. The second-order valence-electron chi connectivity index (χ2n) is 6.24. The Bertz CT molecular complexity index is 637. The first-order chi connectivity index (χ1) is 11.8. The van der Waals surface area contributed by atoms with E-state index in [2.05, 4.69) is 0 Å². The lowest BCUT2D eigenvalue weighted by molar-refractivity contribution is -0.140. The van der Waals surface area contributed by atoms with Gasteiger partial charge in [-0.1, -0.05) is 6.42 Å². The van der Waals surface area contributed by atoms with Crippen LogP contribution in [0.3, 0.4) is 0 Å². The van der Waals surface area contributed by atoms with Gasteiger partial charge in [-0.15, -0.1) is 23.1 Å². The maximum Gasteiger partial charge on any atom is 0.405 e. The van der Waals surface area contributed by atoms with E-state index in [1.807, 2.05) is 11.4 Å². The van der Waals surface area contributed by atoms with Gasteiger partial charge in [0.25, 0.3) is 5.91 Å². The average molecular weight is 392 g/mol. The average Bonchev–Trinajstić information content (AvgIpc) is 3.14. The number of fused-ring (bicyclic) bond motifs is 1. The molecule has 25 heavy (non-hydrogen) atoms. The Labute approximate surface area is 152 Å². The molecule has 2 amide bonds. The standard InChI is InChI=1S/C16H19F3N2O2S2/c17-16(18,19)8-20-14(22)11-7-24-9-21(11)15(23)13-6-10-4-2-1-3-5-12(10)25-13/h6,11H,1-5,7-9H2,(H,20,22)/t11-/m0/s1. The van der Waals surface area contributed by atoms with Crippen molar-refractivity contribution in [1.29, 1.82) is 0 Å². The van der Waals surface area contributed by atoms with Gasteiger partial charge in [0.1, 0.15) is 12.6 Å². The van der Waals surface area contributed by atoms with Gasteiger partial charge in [-0.3, -0.25) is 9.59 Å².